The highest BCUT2D eigenvalue weighted by atomic mass is 32.2. The molecule has 1 unspecified atom stereocenters. The van der Waals surface area contributed by atoms with Crippen LogP contribution in [0, 0.1) is 17.7 Å². The Hall–Kier alpha value is -2.67. The third-order valence-electron chi connectivity index (χ3n) is 5.42. The van der Waals surface area contributed by atoms with E-state index >= 15 is 0 Å². The maximum absolute atomic E-state index is 13.2. The van der Waals surface area contributed by atoms with Gasteiger partial charge in [-0.3, -0.25) is 9.69 Å². The van der Waals surface area contributed by atoms with Gasteiger partial charge in [-0.2, -0.15) is 24.4 Å². The zero-order valence-corrected chi connectivity index (χ0v) is 20.6. The number of aliphatic carboxylic acids is 1. The Morgan fingerprint density at radius 1 is 1.26 bits per heavy atom. The average molecular weight is 502 g/mol. The minimum Gasteiger partial charge on any atom is -0.480 e. The van der Waals surface area contributed by atoms with Gasteiger partial charge in [-0.05, 0) is 67.3 Å². The van der Waals surface area contributed by atoms with Gasteiger partial charge in [0.1, 0.15) is 11.9 Å². The number of benzene rings is 2. The van der Waals surface area contributed by atoms with Crippen molar-refractivity contribution in [3.05, 3.63) is 65.0 Å². The van der Waals surface area contributed by atoms with Gasteiger partial charge in [0.2, 0.25) is 0 Å². The van der Waals surface area contributed by atoms with Crippen LogP contribution in [0.1, 0.15) is 34.3 Å². The number of rotatable bonds is 9. The molecule has 2 aromatic carbocycles. The van der Waals surface area contributed by atoms with E-state index in [4.69, 9.17) is 0 Å². The zero-order valence-electron chi connectivity index (χ0n) is 18.9. The lowest BCUT2D eigenvalue weighted by atomic mass is 10.0. The van der Waals surface area contributed by atoms with Crippen LogP contribution in [0.5, 0.6) is 0 Å². The second kappa shape index (κ2) is 12.7. The Labute approximate surface area is 209 Å². The van der Waals surface area contributed by atoms with Gasteiger partial charge >= 0.3 is 5.97 Å². The molecule has 1 amide bonds. The van der Waals surface area contributed by atoms with Gasteiger partial charge in [-0.1, -0.05) is 11.8 Å². The predicted molar refractivity (Wildman–Crippen MR) is 138 cm³/mol. The molecular formula is C25H28FN3O3S2. The fourth-order valence-corrected chi connectivity index (χ4v) is 4.33. The summed E-state index contributed by atoms with van der Waals surface area (Å²) in [6.45, 7) is 2.51. The van der Waals surface area contributed by atoms with Gasteiger partial charge < -0.3 is 15.7 Å². The van der Waals surface area contributed by atoms with E-state index < -0.39 is 17.9 Å². The third kappa shape index (κ3) is 7.69. The third-order valence-corrected chi connectivity index (χ3v) is 6.48. The summed E-state index contributed by atoms with van der Waals surface area (Å²) < 4.78 is 13.2. The highest BCUT2D eigenvalue weighted by Crippen LogP contribution is 2.18. The number of carboxylic acid groups (broad SMARTS) is 1. The lowest BCUT2D eigenvalue weighted by Gasteiger charge is -2.18. The Morgan fingerprint density at radius 3 is 2.68 bits per heavy atom. The first-order chi connectivity index (χ1) is 16.4. The molecule has 0 aliphatic carbocycles. The lowest BCUT2D eigenvalue weighted by molar-refractivity contribution is -0.139. The highest BCUT2D eigenvalue weighted by molar-refractivity contribution is 7.98. The van der Waals surface area contributed by atoms with Crippen LogP contribution >= 0.6 is 24.4 Å². The van der Waals surface area contributed by atoms with Crippen LogP contribution in [0.4, 0.5) is 10.1 Å². The van der Waals surface area contributed by atoms with Gasteiger partial charge in [0.05, 0.1) is 12.2 Å². The van der Waals surface area contributed by atoms with Crippen molar-refractivity contribution in [1.82, 2.24) is 10.2 Å². The average Bonchev–Trinajstić information content (AvgIpc) is 3.24. The Kier molecular flexibility index (Phi) is 9.69. The van der Waals surface area contributed by atoms with Crippen molar-refractivity contribution in [1.29, 1.82) is 0 Å². The van der Waals surface area contributed by atoms with Gasteiger partial charge in [-0.25, -0.2) is 9.18 Å². The molecule has 180 valence electrons. The molecule has 9 heteroatoms. The number of nitrogens with one attached hydrogen (secondary N) is 2. The number of hydrogen-bond acceptors (Lipinski definition) is 6. The maximum Gasteiger partial charge on any atom is 0.326 e. The second-order valence-corrected chi connectivity index (χ2v) is 9.73. The number of carbonyl (C=O) groups is 2. The van der Waals surface area contributed by atoms with Crippen molar-refractivity contribution in [3.63, 3.8) is 0 Å². The number of carbonyl (C=O) groups excluding carboxylic acids is 1. The summed E-state index contributed by atoms with van der Waals surface area (Å²) in [7, 11) is 0. The summed E-state index contributed by atoms with van der Waals surface area (Å²) in [5.74, 6) is 4.64. The van der Waals surface area contributed by atoms with Gasteiger partial charge in [0.15, 0.2) is 0 Å². The second-order valence-electron chi connectivity index (χ2n) is 8.02. The van der Waals surface area contributed by atoms with Gasteiger partial charge in [0, 0.05) is 35.2 Å². The summed E-state index contributed by atoms with van der Waals surface area (Å²) >= 11 is 6.03. The molecule has 3 N–H and O–H groups in total. The molecule has 2 aromatic rings. The van der Waals surface area contributed by atoms with Crippen molar-refractivity contribution in [2.75, 3.05) is 37.1 Å². The largest absolute Gasteiger partial charge is 0.480 e. The maximum atomic E-state index is 13.2. The monoisotopic (exact) mass is 501 g/mol. The Bertz CT molecular complexity index is 1070. The van der Waals surface area contributed by atoms with E-state index in [1.807, 2.05) is 6.26 Å². The van der Waals surface area contributed by atoms with E-state index in [-0.39, 0.29) is 11.4 Å². The molecular weight excluding hydrogens is 473 g/mol. The molecule has 34 heavy (non-hydrogen) atoms. The number of anilines is 1. The summed E-state index contributed by atoms with van der Waals surface area (Å²) in [5.41, 5.74) is 2.13. The van der Waals surface area contributed by atoms with Crippen molar-refractivity contribution in [3.8, 4) is 11.8 Å². The number of hydrogen-bond donors (Lipinski definition) is 4. The van der Waals surface area contributed by atoms with Gasteiger partial charge in [-0.15, -0.1) is 0 Å². The first-order valence-corrected chi connectivity index (χ1v) is 12.8. The quantitative estimate of drug-likeness (QED) is 0.311. The molecule has 0 aromatic heterocycles. The molecule has 1 saturated heterocycles. The van der Waals surface area contributed by atoms with Crippen molar-refractivity contribution in [2.45, 2.75) is 24.1 Å². The number of carboxylic acids is 1. The highest BCUT2D eigenvalue weighted by Gasteiger charge is 2.22. The minimum absolute atomic E-state index is 0.284. The van der Waals surface area contributed by atoms with E-state index in [1.54, 1.807) is 30.3 Å². The molecule has 1 aliphatic rings. The molecule has 1 fully saturated rings. The normalized spacial score (nSPS) is 16.4. The fourth-order valence-electron chi connectivity index (χ4n) is 3.52. The first-order valence-electron chi connectivity index (χ1n) is 10.9. The van der Waals surface area contributed by atoms with E-state index in [2.05, 4.69) is 40.0 Å². The summed E-state index contributed by atoms with van der Waals surface area (Å²) in [6, 6.07) is 9.99. The molecule has 0 bridgehead atoms. The molecule has 1 aliphatic heterocycles. The molecule has 3 rings (SSSR count). The van der Waals surface area contributed by atoms with Crippen LogP contribution in [0.2, 0.25) is 0 Å². The number of thioether (sulfide) groups is 1. The SMILES string of the molecule is CSCC[C@H](NC(=O)c1ccc(NCN2CCC(S)C2)cc1C#Cc1ccc(F)cc1)C(=O)O. The molecule has 1 heterocycles. The number of thiol groups is 1. The number of likely N-dealkylation sites (tertiary alicyclic amines) is 1. The van der Waals surface area contributed by atoms with Gasteiger partial charge in [0.25, 0.3) is 5.91 Å². The van der Waals surface area contributed by atoms with Crippen LogP contribution in [0.3, 0.4) is 0 Å². The number of halogens is 1. The molecule has 2 atom stereocenters. The van der Waals surface area contributed by atoms with E-state index in [1.165, 1.54) is 23.9 Å². The Morgan fingerprint density at radius 2 is 2.03 bits per heavy atom. The van der Waals surface area contributed by atoms with Crippen LogP contribution < -0.4 is 10.6 Å². The summed E-state index contributed by atoms with van der Waals surface area (Å²) in [4.78, 5) is 26.8. The molecule has 0 saturated carbocycles. The molecule has 0 spiro atoms. The van der Waals surface area contributed by atoms with Crippen molar-refractivity contribution < 1.29 is 19.1 Å². The van der Waals surface area contributed by atoms with E-state index in [0.29, 0.717) is 35.2 Å². The summed E-state index contributed by atoms with van der Waals surface area (Å²) in [5, 5.41) is 15.8. The van der Waals surface area contributed by atoms with Crippen LogP contribution in [-0.4, -0.2) is 64.9 Å². The van der Waals surface area contributed by atoms with Crippen LogP contribution in [0.15, 0.2) is 42.5 Å². The number of amides is 1. The standard InChI is InChI=1S/C25H28FN3O3S2/c1-34-13-11-23(25(31)32)28-24(30)22-9-8-20(27-16-29-12-10-21(33)15-29)14-18(22)5-2-17-3-6-19(26)7-4-17/h3-4,6-9,14,21,23,27,33H,10-13,15-16H2,1H3,(H,28,30)(H,31,32)/t21?,23-/m0/s1. The topological polar surface area (TPSA) is 81.7 Å². The van der Waals surface area contributed by atoms with Crippen LogP contribution in [-0.2, 0) is 4.79 Å². The minimum atomic E-state index is -1.08. The predicted octanol–water partition coefficient (Wildman–Crippen LogP) is 3.54. The van der Waals surface area contributed by atoms with Crippen molar-refractivity contribution in [2.24, 2.45) is 0 Å². The summed E-state index contributed by atoms with van der Waals surface area (Å²) in [6.07, 6.45) is 3.24. The number of nitrogens with zero attached hydrogens (tertiary/aromatic N) is 1. The van der Waals surface area contributed by atoms with Crippen LogP contribution in [0.25, 0.3) is 0 Å². The molecule has 0 radical (unpaired) electrons. The Balaban J connectivity index is 1.83. The molecule has 6 nitrogen and oxygen atoms in total. The first kappa shape index (κ1) is 25.9. The van der Waals surface area contributed by atoms with Crippen molar-refractivity contribution >= 4 is 42.0 Å². The zero-order chi connectivity index (χ0) is 24.5. The fraction of sp³-hybridized carbons (Fsp3) is 0.360. The van der Waals surface area contributed by atoms with E-state index in [0.717, 1.165) is 25.2 Å². The van der Waals surface area contributed by atoms with E-state index in [9.17, 15) is 19.1 Å². The smallest absolute Gasteiger partial charge is 0.326 e. The lowest BCUT2D eigenvalue weighted by Crippen LogP contribution is -2.41.